The molecule has 0 radical (unpaired) electrons. The molecule has 1 saturated heterocycles. The van der Waals surface area contributed by atoms with Gasteiger partial charge in [0, 0.05) is 5.92 Å². The quantitative estimate of drug-likeness (QED) is 0.884. The molecule has 1 N–H and O–H groups in total. The van der Waals surface area contributed by atoms with E-state index in [1.165, 1.54) is 24.3 Å². The molecule has 0 amide bonds. The Kier molecular flexibility index (Phi) is 3.97. The van der Waals surface area contributed by atoms with Crippen molar-refractivity contribution < 1.29 is 17.2 Å². The summed E-state index contributed by atoms with van der Waals surface area (Å²) >= 11 is 0. The van der Waals surface area contributed by atoms with E-state index in [0.717, 1.165) is 17.7 Å². The second kappa shape index (κ2) is 5.78. The van der Waals surface area contributed by atoms with Gasteiger partial charge in [-0.05, 0) is 54.9 Å². The van der Waals surface area contributed by atoms with Crippen LogP contribution in [0.1, 0.15) is 17.9 Å². The van der Waals surface area contributed by atoms with E-state index in [-0.39, 0.29) is 16.6 Å². The van der Waals surface area contributed by atoms with E-state index in [4.69, 9.17) is 0 Å². The first-order chi connectivity index (χ1) is 10.5. The highest BCUT2D eigenvalue weighted by molar-refractivity contribution is 7.92. The molecule has 2 atom stereocenters. The average Bonchev–Trinajstić information content (AvgIpc) is 2.99. The Balaban J connectivity index is 1.95. The largest absolute Gasteiger partial charge is 0.300 e. The summed E-state index contributed by atoms with van der Waals surface area (Å²) < 4.78 is 51.5. The first-order valence-electron chi connectivity index (χ1n) is 6.97. The summed E-state index contributed by atoms with van der Waals surface area (Å²) in [6, 6.07) is 10.7. The van der Waals surface area contributed by atoms with E-state index >= 15 is 0 Å². The zero-order valence-corrected chi connectivity index (χ0v) is 12.5. The van der Waals surface area contributed by atoms with E-state index in [9.17, 15) is 17.2 Å². The maximum Gasteiger partial charge on any atom is 0.194 e. The zero-order chi connectivity index (χ0) is 15.7. The molecule has 0 aliphatic carbocycles. The van der Waals surface area contributed by atoms with Gasteiger partial charge in [-0.3, -0.25) is 0 Å². The van der Waals surface area contributed by atoms with Crippen LogP contribution in [-0.2, 0) is 9.84 Å². The third-order valence-electron chi connectivity index (χ3n) is 3.94. The fourth-order valence-electron chi connectivity index (χ4n) is 2.82. The molecule has 6 heteroatoms. The van der Waals surface area contributed by atoms with Gasteiger partial charge in [0.15, 0.2) is 9.84 Å². The fourth-order valence-corrected chi connectivity index (χ4v) is 4.69. The Bertz CT molecular complexity index is 758. The van der Waals surface area contributed by atoms with Gasteiger partial charge in [0.2, 0.25) is 0 Å². The lowest BCUT2D eigenvalue weighted by Gasteiger charge is -2.20. The monoisotopic (exact) mass is 323 g/mol. The number of rotatable bonds is 3. The summed E-state index contributed by atoms with van der Waals surface area (Å²) in [5.74, 6) is -1.09. The number of halogens is 2. The highest BCUT2D eigenvalue weighted by Crippen LogP contribution is 2.33. The molecule has 22 heavy (non-hydrogen) atoms. The number of sulfone groups is 1. The van der Waals surface area contributed by atoms with Crippen molar-refractivity contribution >= 4 is 9.84 Å². The number of nitrogens with one attached hydrogen (secondary N) is 1. The average molecular weight is 323 g/mol. The van der Waals surface area contributed by atoms with Crippen LogP contribution in [0.15, 0.2) is 53.4 Å². The lowest BCUT2D eigenvalue weighted by atomic mass is 9.98. The van der Waals surface area contributed by atoms with Crippen molar-refractivity contribution in [3.63, 3.8) is 0 Å². The molecule has 1 aliphatic rings. The van der Waals surface area contributed by atoms with Gasteiger partial charge in [0.1, 0.15) is 17.0 Å². The minimum atomic E-state index is -3.63. The second-order valence-electron chi connectivity index (χ2n) is 5.32. The molecular formula is C16H15F2NO2S. The molecule has 3 nitrogen and oxygen atoms in total. The van der Waals surface area contributed by atoms with Gasteiger partial charge < -0.3 is 5.32 Å². The van der Waals surface area contributed by atoms with Crippen molar-refractivity contribution in [3.8, 4) is 0 Å². The minimum Gasteiger partial charge on any atom is -0.300 e. The van der Waals surface area contributed by atoms with E-state index in [1.807, 2.05) is 0 Å². The molecule has 1 fully saturated rings. The van der Waals surface area contributed by atoms with Crippen LogP contribution in [0.4, 0.5) is 8.78 Å². The third kappa shape index (κ3) is 2.76. The molecule has 0 bridgehead atoms. The molecule has 3 rings (SSSR count). The van der Waals surface area contributed by atoms with Crippen molar-refractivity contribution in [2.45, 2.75) is 22.6 Å². The van der Waals surface area contributed by atoms with Gasteiger partial charge in [-0.15, -0.1) is 0 Å². The maximum absolute atomic E-state index is 13.0. The molecular weight excluding hydrogens is 308 g/mol. The zero-order valence-electron chi connectivity index (χ0n) is 11.7. The van der Waals surface area contributed by atoms with Crippen LogP contribution < -0.4 is 5.32 Å². The van der Waals surface area contributed by atoms with Crippen molar-refractivity contribution in [2.24, 2.45) is 0 Å². The van der Waals surface area contributed by atoms with Crippen molar-refractivity contribution in [2.75, 3.05) is 6.54 Å². The standard InChI is InChI=1S/C16H15F2NO2S/c17-12-3-1-11(2-4-12)15-9-10-19-16(15)22(20,21)14-7-5-13(18)6-8-14/h1-8,15-16,19H,9-10H2. The van der Waals surface area contributed by atoms with Crippen molar-refractivity contribution in [3.05, 3.63) is 65.7 Å². The molecule has 1 aliphatic heterocycles. The van der Waals surface area contributed by atoms with Crippen molar-refractivity contribution in [1.29, 1.82) is 0 Å². The summed E-state index contributed by atoms with van der Waals surface area (Å²) in [5.41, 5.74) is 0.780. The van der Waals surface area contributed by atoms with Crippen LogP contribution in [0.5, 0.6) is 0 Å². The Hall–Kier alpha value is -1.79. The summed E-state index contributed by atoms with van der Waals surface area (Å²) in [6.07, 6.45) is 0.650. The molecule has 0 saturated carbocycles. The first-order valence-corrected chi connectivity index (χ1v) is 8.51. The van der Waals surface area contributed by atoms with E-state index in [0.29, 0.717) is 13.0 Å². The van der Waals surface area contributed by atoms with Crippen LogP contribution >= 0.6 is 0 Å². The Morgan fingerprint density at radius 3 is 2.05 bits per heavy atom. The van der Waals surface area contributed by atoms with E-state index in [1.54, 1.807) is 12.1 Å². The highest BCUT2D eigenvalue weighted by Gasteiger charge is 2.38. The van der Waals surface area contributed by atoms with Gasteiger partial charge >= 0.3 is 0 Å². The van der Waals surface area contributed by atoms with Gasteiger partial charge in [-0.1, -0.05) is 12.1 Å². The highest BCUT2D eigenvalue weighted by atomic mass is 32.2. The third-order valence-corrected chi connectivity index (χ3v) is 6.03. The normalized spacial score (nSPS) is 21.9. The molecule has 2 aromatic carbocycles. The summed E-state index contributed by atoms with van der Waals surface area (Å²) in [7, 11) is -3.63. The number of hydrogen-bond donors (Lipinski definition) is 1. The SMILES string of the molecule is O=S(=O)(c1ccc(F)cc1)C1NCCC1c1ccc(F)cc1. The Morgan fingerprint density at radius 1 is 0.909 bits per heavy atom. The van der Waals surface area contributed by atoms with Gasteiger partial charge in [0.25, 0.3) is 0 Å². The van der Waals surface area contributed by atoms with Crippen LogP contribution in [-0.4, -0.2) is 20.3 Å². The van der Waals surface area contributed by atoms with E-state index in [2.05, 4.69) is 5.32 Å². The number of hydrogen-bond acceptors (Lipinski definition) is 3. The van der Waals surface area contributed by atoms with Crippen LogP contribution in [0.3, 0.4) is 0 Å². The predicted octanol–water partition coefficient (Wildman–Crippen LogP) is 2.84. The molecule has 1 heterocycles. The van der Waals surface area contributed by atoms with Gasteiger partial charge in [-0.25, -0.2) is 17.2 Å². The first kappa shape index (κ1) is 15.1. The predicted molar refractivity (Wildman–Crippen MR) is 79.1 cm³/mol. The Morgan fingerprint density at radius 2 is 1.45 bits per heavy atom. The molecule has 2 unspecified atom stereocenters. The maximum atomic E-state index is 13.0. The second-order valence-corrected chi connectivity index (χ2v) is 7.39. The molecule has 0 spiro atoms. The van der Waals surface area contributed by atoms with Crippen LogP contribution in [0, 0.1) is 11.6 Å². The summed E-state index contributed by atoms with van der Waals surface area (Å²) in [4.78, 5) is 0.0837. The fraction of sp³-hybridized carbons (Fsp3) is 0.250. The molecule has 116 valence electrons. The van der Waals surface area contributed by atoms with Gasteiger partial charge in [-0.2, -0.15) is 0 Å². The molecule has 0 aromatic heterocycles. The smallest absolute Gasteiger partial charge is 0.194 e. The Labute approximate surface area is 127 Å². The number of benzene rings is 2. The summed E-state index contributed by atoms with van der Waals surface area (Å²) in [6.45, 7) is 0.563. The van der Waals surface area contributed by atoms with Crippen LogP contribution in [0.2, 0.25) is 0 Å². The topological polar surface area (TPSA) is 46.2 Å². The lowest BCUT2D eigenvalue weighted by Crippen LogP contribution is -2.34. The van der Waals surface area contributed by atoms with Gasteiger partial charge in [0.05, 0.1) is 4.90 Å². The van der Waals surface area contributed by atoms with Crippen LogP contribution in [0.25, 0.3) is 0 Å². The molecule has 2 aromatic rings. The summed E-state index contributed by atoms with van der Waals surface area (Å²) in [5, 5.41) is 2.21. The van der Waals surface area contributed by atoms with E-state index < -0.39 is 21.0 Å². The lowest BCUT2D eigenvalue weighted by molar-refractivity contribution is 0.558. The van der Waals surface area contributed by atoms with Crippen molar-refractivity contribution in [1.82, 2.24) is 5.32 Å². The minimum absolute atomic E-state index is 0.0837.